The van der Waals surface area contributed by atoms with Crippen LogP contribution in [0, 0.1) is 11.3 Å². The second-order valence-electron chi connectivity index (χ2n) is 3.83. The van der Waals surface area contributed by atoms with Crippen molar-refractivity contribution in [1.29, 1.82) is 5.26 Å². The number of rotatable bonds is 4. The van der Waals surface area contributed by atoms with Crippen LogP contribution in [0.1, 0.15) is 11.1 Å². The van der Waals surface area contributed by atoms with Gasteiger partial charge >= 0.3 is 0 Å². The van der Waals surface area contributed by atoms with Crippen LogP contribution in [0.3, 0.4) is 0 Å². The predicted octanol–water partition coefficient (Wildman–Crippen LogP) is 3.89. The van der Waals surface area contributed by atoms with Gasteiger partial charge in [0.05, 0.1) is 11.3 Å². The summed E-state index contributed by atoms with van der Waals surface area (Å²) in [7, 11) is 0. The minimum absolute atomic E-state index is 0.723. The van der Waals surface area contributed by atoms with Crippen LogP contribution in [-0.2, 0) is 6.54 Å². The van der Waals surface area contributed by atoms with Crippen molar-refractivity contribution in [1.82, 2.24) is 0 Å². The molecule has 0 aliphatic heterocycles. The molecule has 2 rings (SSSR count). The zero-order chi connectivity index (χ0) is 12.8. The van der Waals surface area contributed by atoms with Crippen LogP contribution < -0.4 is 5.32 Å². The molecular weight excluding hydrogens is 240 g/mol. The number of nitrogens with zero attached hydrogens (tertiary/aromatic N) is 1. The normalized spacial score (nSPS) is 9.78. The van der Waals surface area contributed by atoms with Crippen LogP contribution in [0.15, 0.2) is 53.4 Å². The summed E-state index contributed by atoms with van der Waals surface area (Å²) in [5.41, 5.74) is 2.82. The number of nitriles is 1. The van der Waals surface area contributed by atoms with Gasteiger partial charge in [0.25, 0.3) is 0 Å². The molecule has 0 saturated carbocycles. The molecule has 0 aromatic heterocycles. The molecular formula is C15H14N2S. The summed E-state index contributed by atoms with van der Waals surface area (Å²) in [5.74, 6) is 0. The summed E-state index contributed by atoms with van der Waals surface area (Å²) in [6.45, 7) is 0.730. The van der Waals surface area contributed by atoms with Crippen molar-refractivity contribution in [3.05, 3.63) is 59.7 Å². The Balaban J connectivity index is 2.17. The van der Waals surface area contributed by atoms with E-state index < -0.39 is 0 Å². The van der Waals surface area contributed by atoms with Crippen LogP contribution in [0.5, 0.6) is 0 Å². The molecule has 0 aliphatic rings. The van der Waals surface area contributed by atoms with E-state index in [2.05, 4.69) is 23.5 Å². The third-order valence-electron chi connectivity index (χ3n) is 2.68. The standard InChI is InChI=1S/C15H14N2S/c1-18-15-9-5-8-14(13(15)10-16)17-11-12-6-3-2-4-7-12/h2-9,17H,11H2,1H3. The lowest BCUT2D eigenvalue weighted by Gasteiger charge is -2.10. The van der Waals surface area contributed by atoms with E-state index in [1.54, 1.807) is 11.8 Å². The first-order valence-corrected chi connectivity index (χ1v) is 6.92. The third-order valence-corrected chi connectivity index (χ3v) is 3.46. The van der Waals surface area contributed by atoms with Gasteiger partial charge in [-0.05, 0) is 24.0 Å². The molecule has 0 aliphatic carbocycles. The average molecular weight is 254 g/mol. The van der Waals surface area contributed by atoms with Crippen molar-refractivity contribution in [3.8, 4) is 6.07 Å². The van der Waals surface area contributed by atoms with E-state index >= 15 is 0 Å². The fourth-order valence-corrected chi connectivity index (χ4v) is 2.33. The lowest BCUT2D eigenvalue weighted by atomic mass is 10.1. The lowest BCUT2D eigenvalue weighted by Crippen LogP contribution is -2.01. The first-order chi connectivity index (χ1) is 8.85. The molecule has 0 heterocycles. The molecule has 0 amide bonds. The van der Waals surface area contributed by atoms with E-state index in [1.165, 1.54) is 5.56 Å². The maximum Gasteiger partial charge on any atom is 0.102 e. The average Bonchev–Trinajstić information content (AvgIpc) is 2.45. The smallest absolute Gasteiger partial charge is 0.102 e. The number of hydrogen-bond acceptors (Lipinski definition) is 3. The van der Waals surface area contributed by atoms with Gasteiger partial charge in [0.15, 0.2) is 0 Å². The Kier molecular flexibility index (Phi) is 4.27. The van der Waals surface area contributed by atoms with Gasteiger partial charge in [-0.2, -0.15) is 5.26 Å². The molecule has 0 radical (unpaired) electrons. The van der Waals surface area contributed by atoms with Crippen LogP contribution in [0.25, 0.3) is 0 Å². The van der Waals surface area contributed by atoms with Crippen molar-refractivity contribution in [2.24, 2.45) is 0 Å². The minimum atomic E-state index is 0.723. The van der Waals surface area contributed by atoms with Crippen LogP contribution in [0.2, 0.25) is 0 Å². The molecule has 0 saturated heterocycles. The number of nitrogens with one attached hydrogen (secondary N) is 1. The molecule has 18 heavy (non-hydrogen) atoms. The summed E-state index contributed by atoms with van der Waals surface area (Å²) in [4.78, 5) is 1.01. The highest BCUT2D eigenvalue weighted by Crippen LogP contribution is 2.26. The fourth-order valence-electron chi connectivity index (χ4n) is 1.76. The van der Waals surface area contributed by atoms with Gasteiger partial charge < -0.3 is 5.32 Å². The van der Waals surface area contributed by atoms with Gasteiger partial charge in [-0.1, -0.05) is 36.4 Å². The molecule has 0 bridgehead atoms. The van der Waals surface area contributed by atoms with Gasteiger partial charge in [-0.25, -0.2) is 0 Å². The predicted molar refractivity (Wildman–Crippen MR) is 76.7 cm³/mol. The topological polar surface area (TPSA) is 35.8 Å². The molecule has 0 spiro atoms. The Morgan fingerprint density at radius 3 is 2.56 bits per heavy atom. The van der Waals surface area contributed by atoms with E-state index in [0.29, 0.717) is 0 Å². The number of anilines is 1. The highest BCUT2D eigenvalue weighted by Gasteiger charge is 2.06. The zero-order valence-corrected chi connectivity index (χ0v) is 11.0. The summed E-state index contributed by atoms with van der Waals surface area (Å²) < 4.78 is 0. The van der Waals surface area contributed by atoms with Crippen molar-refractivity contribution >= 4 is 17.4 Å². The molecule has 2 aromatic carbocycles. The molecule has 0 fully saturated rings. The maximum absolute atomic E-state index is 9.22. The summed E-state index contributed by atoms with van der Waals surface area (Å²) in [6.07, 6.45) is 1.98. The summed E-state index contributed by atoms with van der Waals surface area (Å²) in [6, 6.07) is 18.3. The van der Waals surface area contributed by atoms with Gasteiger partial charge in [-0.15, -0.1) is 11.8 Å². The molecule has 3 heteroatoms. The first-order valence-electron chi connectivity index (χ1n) is 5.70. The highest BCUT2D eigenvalue weighted by atomic mass is 32.2. The number of thioether (sulfide) groups is 1. The summed E-state index contributed by atoms with van der Waals surface area (Å²) >= 11 is 1.59. The minimum Gasteiger partial charge on any atom is -0.380 e. The van der Waals surface area contributed by atoms with Crippen LogP contribution in [0.4, 0.5) is 5.69 Å². The highest BCUT2D eigenvalue weighted by molar-refractivity contribution is 7.98. The number of benzene rings is 2. The zero-order valence-electron chi connectivity index (χ0n) is 10.2. The van der Waals surface area contributed by atoms with E-state index in [0.717, 1.165) is 22.7 Å². The molecule has 90 valence electrons. The van der Waals surface area contributed by atoms with Crippen LogP contribution >= 0.6 is 11.8 Å². The summed E-state index contributed by atoms with van der Waals surface area (Å²) in [5, 5.41) is 12.5. The fraction of sp³-hybridized carbons (Fsp3) is 0.133. The Morgan fingerprint density at radius 1 is 1.11 bits per heavy atom. The van der Waals surface area contributed by atoms with Gasteiger partial charge in [0, 0.05) is 11.4 Å². The Hall–Kier alpha value is -1.92. The van der Waals surface area contributed by atoms with E-state index in [-0.39, 0.29) is 0 Å². The Bertz CT molecular complexity index is 558. The molecule has 1 N–H and O–H groups in total. The first kappa shape index (κ1) is 12.5. The monoisotopic (exact) mass is 254 g/mol. The number of hydrogen-bond donors (Lipinski definition) is 1. The molecule has 2 aromatic rings. The Labute approximate surface area is 112 Å². The van der Waals surface area contributed by atoms with Gasteiger partial charge in [0.1, 0.15) is 6.07 Å². The molecule has 0 unspecified atom stereocenters. The van der Waals surface area contributed by atoms with E-state index in [1.807, 2.05) is 42.7 Å². The van der Waals surface area contributed by atoms with Crippen LogP contribution in [-0.4, -0.2) is 6.26 Å². The second kappa shape index (κ2) is 6.13. The third kappa shape index (κ3) is 2.85. The molecule has 0 atom stereocenters. The van der Waals surface area contributed by atoms with Crippen molar-refractivity contribution in [2.45, 2.75) is 11.4 Å². The van der Waals surface area contributed by atoms with Crippen molar-refractivity contribution < 1.29 is 0 Å². The largest absolute Gasteiger partial charge is 0.380 e. The van der Waals surface area contributed by atoms with Gasteiger partial charge in [-0.3, -0.25) is 0 Å². The second-order valence-corrected chi connectivity index (χ2v) is 4.68. The van der Waals surface area contributed by atoms with Crippen molar-refractivity contribution in [3.63, 3.8) is 0 Å². The van der Waals surface area contributed by atoms with Crippen molar-refractivity contribution in [2.75, 3.05) is 11.6 Å². The van der Waals surface area contributed by atoms with E-state index in [9.17, 15) is 5.26 Å². The lowest BCUT2D eigenvalue weighted by molar-refractivity contribution is 1.14. The quantitative estimate of drug-likeness (QED) is 0.841. The maximum atomic E-state index is 9.22. The van der Waals surface area contributed by atoms with Gasteiger partial charge in [0.2, 0.25) is 0 Å². The Morgan fingerprint density at radius 2 is 1.89 bits per heavy atom. The van der Waals surface area contributed by atoms with E-state index in [4.69, 9.17) is 0 Å². The molecule has 2 nitrogen and oxygen atoms in total. The SMILES string of the molecule is CSc1cccc(NCc2ccccc2)c1C#N.